The third-order valence-corrected chi connectivity index (χ3v) is 3.92. The van der Waals surface area contributed by atoms with E-state index in [1.807, 2.05) is 30.7 Å². The molecule has 1 heterocycles. The van der Waals surface area contributed by atoms with Crippen LogP contribution in [0.15, 0.2) is 30.7 Å². The number of Topliss-reactive ketones (excluding diaryl/α,β-unsaturated/α-hetero) is 1. The molecule has 0 bridgehead atoms. The molecule has 0 saturated carbocycles. The summed E-state index contributed by atoms with van der Waals surface area (Å²) in [5, 5.41) is 0. The molecule has 0 spiro atoms. The predicted octanol–water partition coefficient (Wildman–Crippen LogP) is 3.56. The van der Waals surface area contributed by atoms with Crippen LogP contribution in [-0.4, -0.2) is 15.3 Å². The zero-order valence-electron chi connectivity index (χ0n) is 12.5. The summed E-state index contributed by atoms with van der Waals surface area (Å²) in [6.45, 7) is 4.73. The molecule has 0 amide bonds. The predicted molar refractivity (Wildman–Crippen MR) is 80.7 cm³/mol. The number of ketones is 1. The molecule has 0 saturated heterocycles. The van der Waals surface area contributed by atoms with Crippen molar-refractivity contribution in [1.82, 2.24) is 9.55 Å². The smallest absolute Gasteiger partial charge is 0.163 e. The first-order valence-electron chi connectivity index (χ1n) is 7.45. The van der Waals surface area contributed by atoms with Crippen molar-refractivity contribution in [2.45, 2.75) is 45.8 Å². The molecule has 0 radical (unpaired) electrons. The van der Waals surface area contributed by atoms with Crippen molar-refractivity contribution >= 4 is 5.78 Å². The van der Waals surface area contributed by atoms with Gasteiger partial charge >= 0.3 is 0 Å². The number of benzene rings is 1. The molecule has 0 fully saturated rings. The molecule has 2 aromatic rings. The number of rotatable bonds is 4. The minimum Gasteiger partial charge on any atom is -0.487 e. The molecule has 4 heteroatoms. The molecule has 1 aliphatic rings. The fourth-order valence-electron chi connectivity index (χ4n) is 2.78. The van der Waals surface area contributed by atoms with Crippen LogP contribution >= 0.6 is 0 Å². The van der Waals surface area contributed by atoms with Gasteiger partial charge in [0.1, 0.15) is 12.4 Å². The fourth-order valence-corrected chi connectivity index (χ4v) is 2.78. The molecule has 0 atom stereocenters. The van der Waals surface area contributed by atoms with Crippen molar-refractivity contribution in [3.8, 4) is 5.75 Å². The number of ether oxygens (including phenoxy) is 1. The SMILES string of the molecule is CC(C)n1cncc1COc1ccc2c(c1)CCCC2=O. The fraction of sp³-hybridized carbons (Fsp3) is 0.412. The zero-order valence-corrected chi connectivity index (χ0v) is 12.5. The molecule has 1 aliphatic carbocycles. The maximum Gasteiger partial charge on any atom is 0.163 e. The van der Waals surface area contributed by atoms with Gasteiger partial charge in [0.05, 0.1) is 18.2 Å². The number of fused-ring (bicyclic) bond motifs is 1. The third kappa shape index (κ3) is 2.84. The molecule has 110 valence electrons. The highest BCUT2D eigenvalue weighted by molar-refractivity contribution is 5.98. The Kier molecular flexibility index (Phi) is 3.78. The monoisotopic (exact) mass is 284 g/mol. The van der Waals surface area contributed by atoms with Gasteiger partial charge in [-0.05, 0) is 50.5 Å². The second-order valence-electron chi connectivity index (χ2n) is 5.77. The van der Waals surface area contributed by atoms with E-state index in [-0.39, 0.29) is 5.78 Å². The second-order valence-corrected chi connectivity index (χ2v) is 5.77. The Bertz CT molecular complexity index is 659. The maximum absolute atomic E-state index is 11.8. The first kappa shape index (κ1) is 13.9. The summed E-state index contributed by atoms with van der Waals surface area (Å²) in [5.41, 5.74) is 3.03. The average Bonchev–Trinajstić information content (AvgIpc) is 2.94. The number of aromatic nitrogens is 2. The lowest BCUT2D eigenvalue weighted by Gasteiger charge is -2.16. The summed E-state index contributed by atoms with van der Waals surface area (Å²) in [6.07, 6.45) is 6.23. The summed E-state index contributed by atoms with van der Waals surface area (Å²) in [5.74, 6) is 1.07. The Morgan fingerprint density at radius 2 is 2.19 bits per heavy atom. The lowest BCUT2D eigenvalue weighted by atomic mass is 9.90. The van der Waals surface area contributed by atoms with Crippen LogP contribution in [0.4, 0.5) is 0 Å². The lowest BCUT2D eigenvalue weighted by molar-refractivity contribution is 0.0972. The Labute approximate surface area is 124 Å². The Balaban J connectivity index is 1.74. The summed E-state index contributed by atoms with van der Waals surface area (Å²) < 4.78 is 7.97. The second kappa shape index (κ2) is 5.72. The van der Waals surface area contributed by atoms with Gasteiger partial charge in [0.15, 0.2) is 5.78 Å². The van der Waals surface area contributed by atoms with Gasteiger partial charge in [0.2, 0.25) is 0 Å². The van der Waals surface area contributed by atoms with Gasteiger partial charge in [-0.1, -0.05) is 0 Å². The van der Waals surface area contributed by atoms with Crippen molar-refractivity contribution in [3.05, 3.63) is 47.5 Å². The Hall–Kier alpha value is -2.10. The largest absolute Gasteiger partial charge is 0.487 e. The number of hydrogen-bond acceptors (Lipinski definition) is 3. The molecule has 21 heavy (non-hydrogen) atoms. The number of aryl methyl sites for hydroxylation is 1. The highest BCUT2D eigenvalue weighted by atomic mass is 16.5. The van der Waals surface area contributed by atoms with E-state index in [9.17, 15) is 4.79 Å². The van der Waals surface area contributed by atoms with Crippen LogP contribution < -0.4 is 4.74 Å². The lowest BCUT2D eigenvalue weighted by Crippen LogP contribution is -2.11. The van der Waals surface area contributed by atoms with E-state index in [1.54, 1.807) is 0 Å². The number of carbonyl (C=O) groups excluding carboxylic acids is 1. The van der Waals surface area contributed by atoms with Gasteiger partial charge in [-0.25, -0.2) is 4.98 Å². The van der Waals surface area contributed by atoms with Crippen LogP contribution in [0.1, 0.15) is 54.3 Å². The first-order chi connectivity index (χ1) is 10.1. The summed E-state index contributed by atoms with van der Waals surface area (Å²) in [4.78, 5) is 16.0. The molecule has 1 aromatic heterocycles. The van der Waals surface area contributed by atoms with Gasteiger partial charge in [0, 0.05) is 18.0 Å². The standard InChI is InChI=1S/C17H20N2O2/c1-12(2)19-11-18-9-14(19)10-21-15-6-7-16-13(8-15)4-3-5-17(16)20/h6-9,11-12H,3-5,10H2,1-2H3. The van der Waals surface area contributed by atoms with E-state index in [4.69, 9.17) is 4.74 Å². The van der Waals surface area contributed by atoms with E-state index in [2.05, 4.69) is 23.4 Å². The minimum absolute atomic E-state index is 0.251. The highest BCUT2D eigenvalue weighted by Crippen LogP contribution is 2.26. The van der Waals surface area contributed by atoms with Gasteiger partial charge in [0.25, 0.3) is 0 Å². The van der Waals surface area contributed by atoms with E-state index in [0.717, 1.165) is 35.4 Å². The average molecular weight is 284 g/mol. The van der Waals surface area contributed by atoms with E-state index in [1.165, 1.54) is 0 Å². The number of carbonyl (C=O) groups is 1. The van der Waals surface area contributed by atoms with Crippen LogP contribution in [0.25, 0.3) is 0 Å². The van der Waals surface area contributed by atoms with E-state index in [0.29, 0.717) is 19.1 Å². The van der Waals surface area contributed by atoms with Crippen molar-refractivity contribution in [2.24, 2.45) is 0 Å². The first-order valence-corrected chi connectivity index (χ1v) is 7.45. The van der Waals surface area contributed by atoms with E-state index < -0.39 is 0 Å². The quantitative estimate of drug-likeness (QED) is 0.862. The van der Waals surface area contributed by atoms with Gasteiger partial charge in [-0.15, -0.1) is 0 Å². The molecule has 0 unspecified atom stereocenters. The number of nitrogens with zero attached hydrogens (tertiary/aromatic N) is 2. The third-order valence-electron chi connectivity index (χ3n) is 3.92. The molecular formula is C17H20N2O2. The highest BCUT2D eigenvalue weighted by Gasteiger charge is 2.17. The Morgan fingerprint density at radius 1 is 1.33 bits per heavy atom. The molecule has 3 rings (SSSR count). The van der Waals surface area contributed by atoms with Crippen LogP contribution in [0, 0.1) is 0 Å². The molecule has 4 nitrogen and oxygen atoms in total. The van der Waals surface area contributed by atoms with Crippen molar-refractivity contribution in [3.63, 3.8) is 0 Å². The van der Waals surface area contributed by atoms with Crippen molar-refractivity contribution < 1.29 is 9.53 Å². The Morgan fingerprint density at radius 3 is 3.00 bits per heavy atom. The maximum atomic E-state index is 11.8. The molecule has 0 N–H and O–H groups in total. The van der Waals surface area contributed by atoms with Crippen LogP contribution in [0.3, 0.4) is 0 Å². The minimum atomic E-state index is 0.251. The van der Waals surface area contributed by atoms with E-state index >= 15 is 0 Å². The number of imidazole rings is 1. The van der Waals surface area contributed by atoms with Crippen molar-refractivity contribution in [1.29, 1.82) is 0 Å². The molecular weight excluding hydrogens is 264 g/mol. The van der Waals surface area contributed by atoms with Gasteiger partial charge in [-0.2, -0.15) is 0 Å². The van der Waals surface area contributed by atoms with Crippen molar-refractivity contribution in [2.75, 3.05) is 0 Å². The summed E-state index contributed by atoms with van der Waals surface area (Å²) >= 11 is 0. The van der Waals surface area contributed by atoms with Crippen LogP contribution in [0.5, 0.6) is 5.75 Å². The van der Waals surface area contributed by atoms with Gasteiger partial charge in [-0.3, -0.25) is 4.79 Å². The summed E-state index contributed by atoms with van der Waals surface area (Å²) in [7, 11) is 0. The number of hydrogen-bond donors (Lipinski definition) is 0. The van der Waals surface area contributed by atoms with Gasteiger partial charge < -0.3 is 9.30 Å². The van der Waals surface area contributed by atoms with Crippen LogP contribution in [0.2, 0.25) is 0 Å². The summed E-state index contributed by atoms with van der Waals surface area (Å²) in [6, 6.07) is 6.15. The topological polar surface area (TPSA) is 44.1 Å². The zero-order chi connectivity index (χ0) is 14.8. The van der Waals surface area contributed by atoms with Crippen LogP contribution in [-0.2, 0) is 13.0 Å². The normalized spacial score (nSPS) is 14.3. The molecule has 0 aliphatic heterocycles. The molecule has 1 aromatic carbocycles.